The van der Waals surface area contributed by atoms with Crippen molar-refractivity contribution in [1.82, 2.24) is 20.5 Å². The second-order valence-electron chi connectivity index (χ2n) is 8.16. The molecule has 5 rings (SSSR count). The van der Waals surface area contributed by atoms with E-state index in [1.165, 1.54) is 12.8 Å². The number of piperidine rings is 1. The van der Waals surface area contributed by atoms with E-state index < -0.39 is 0 Å². The van der Waals surface area contributed by atoms with Gasteiger partial charge >= 0.3 is 0 Å². The van der Waals surface area contributed by atoms with Crippen LogP contribution < -0.4 is 10.2 Å². The highest BCUT2D eigenvalue weighted by molar-refractivity contribution is 5.71. The number of fused-ring (bicyclic) bond motifs is 2. The van der Waals surface area contributed by atoms with Crippen LogP contribution in [0.4, 0.5) is 5.82 Å². The summed E-state index contributed by atoms with van der Waals surface area (Å²) in [5, 5.41) is 23.0. The average molecular weight is 391 g/mol. The maximum Gasteiger partial charge on any atom is 0.226 e. The number of benzene rings is 1. The lowest BCUT2D eigenvalue weighted by Gasteiger charge is -2.36. The van der Waals surface area contributed by atoms with Crippen LogP contribution in [0.15, 0.2) is 40.9 Å². The Morgan fingerprint density at radius 2 is 1.90 bits per heavy atom. The second kappa shape index (κ2) is 7.15. The van der Waals surface area contributed by atoms with E-state index in [0.717, 1.165) is 30.0 Å². The minimum Gasteiger partial charge on any atom is -0.507 e. The molecule has 2 aromatic heterocycles. The van der Waals surface area contributed by atoms with E-state index in [0.29, 0.717) is 35.3 Å². The normalized spacial score (nSPS) is 23.3. The SMILES string of the molecule is Cc1cnc(-c2ccc(-c3ccc(N(C)[C@@H]4CC5CC[C@@H](C4)N5)nn3)c(O)c2)o1. The van der Waals surface area contributed by atoms with Crippen LogP contribution in [0.25, 0.3) is 22.7 Å². The standard InChI is InChI=1S/C22H25N5O2/c1-13-12-23-22(29-13)14-3-6-18(20(28)9-14)19-7-8-21(26-25-19)27(2)17-10-15-4-5-16(11-17)24-15/h3,6-9,12,15-17,24,28H,4-5,10-11H2,1-2H3/t15-,16?,17-/m0/s1. The quantitative estimate of drug-likeness (QED) is 0.703. The smallest absolute Gasteiger partial charge is 0.226 e. The maximum atomic E-state index is 10.5. The Kier molecular flexibility index (Phi) is 4.47. The predicted molar refractivity (Wildman–Crippen MR) is 111 cm³/mol. The summed E-state index contributed by atoms with van der Waals surface area (Å²) in [4.78, 5) is 6.45. The number of phenols is 1. The van der Waals surface area contributed by atoms with Gasteiger partial charge in [-0.15, -0.1) is 10.2 Å². The molecule has 29 heavy (non-hydrogen) atoms. The Morgan fingerprint density at radius 1 is 1.10 bits per heavy atom. The fourth-order valence-electron chi connectivity index (χ4n) is 4.56. The molecular weight excluding hydrogens is 366 g/mol. The van der Waals surface area contributed by atoms with Gasteiger partial charge in [-0.05, 0) is 62.9 Å². The van der Waals surface area contributed by atoms with Gasteiger partial charge in [0.15, 0.2) is 5.82 Å². The van der Waals surface area contributed by atoms with Crippen LogP contribution in [-0.2, 0) is 0 Å². The number of nitrogens with one attached hydrogen (secondary N) is 1. The molecule has 7 nitrogen and oxygen atoms in total. The fourth-order valence-corrected chi connectivity index (χ4v) is 4.56. The molecule has 2 saturated heterocycles. The molecule has 4 heterocycles. The number of hydrogen-bond acceptors (Lipinski definition) is 7. The van der Waals surface area contributed by atoms with Gasteiger partial charge in [-0.3, -0.25) is 0 Å². The van der Waals surface area contributed by atoms with E-state index in [9.17, 15) is 5.11 Å². The number of anilines is 1. The Hall–Kier alpha value is -2.93. The summed E-state index contributed by atoms with van der Waals surface area (Å²) >= 11 is 0. The minimum atomic E-state index is 0.128. The molecule has 2 fully saturated rings. The highest BCUT2D eigenvalue weighted by Gasteiger charge is 2.35. The topological polar surface area (TPSA) is 87.3 Å². The van der Waals surface area contributed by atoms with Gasteiger partial charge in [-0.25, -0.2) is 4.98 Å². The number of oxazole rings is 1. The van der Waals surface area contributed by atoms with Crippen LogP contribution in [0.2, 0.25) is 0 Å². The first kappa shape index (κ1) is 18.1. The number of hydrogen-bond donors (Lipinski definition) is 2. The Morgan fingerprint density at radius 3 is 2.52 bits per heavy atom. The third-order valence-electron chi connectivity index (χ3n) is 6.15. The van der Waals surface area contributed by atoms with Gasteiger partial charge in [0.2, 0.25) is 5.89 Å². The molecule has 150 valence electrons. The Labute approximate surface area is 169 Å². The van der Waals surface area contributed by atoms with Gasteiger partial charge in [0.1, 0.15) is 11.5 Å². The first-order valence-corrected chi connectivity index (χ1v) is 10.2. The number of aromatic nitrogens is 3. The summed E-state index contributed by atoms with van der Waals surface area (Å²) in [7, 11) is 2.10. The Bertz CT molecular complexity index is 1000. The van der Waals surface area contributed by atoms with Gasteiger partial charge in [0, 0.05) is 36.3 Å². The molecule has 7 heteroatoms. The lowest BCUT2D eigenvalue weighted by atomic mass is 9.98. The van der Waals surface area contributed by atoms with Gasteiger partial charge in [-0.2, -0.15) is 0 Å². The largest absolute Gasteiger partial charge is 0.507 e. The number of aromatic hydroxyl groups is 1. The minimum absolute atomic E-state index is 0.128. The summed E-state index contributed by atoms with van der Waals surface area (Å²) in [6.45, 7) is 1.84. The summed E-state index contributed by atoms with van der Waals surface area (Å²) < 4.78 is 5.53. The van der Waals surface area contributed by atoms with E-state index >= 15 is 0 Å². The molecule has 2 aliphatic heterocycles. The van der Waals surface area contributed by atoms with Crippen molar-refractivity contribution in [1.29, 1.82) is 0 Å². The van der Waals surface area contributed by atoms with E-state index in [1.807, 2.05) is 31.2 Å². The van der Waals surface area contributed by atoms with Crippen molar-refractivity contribution in [3.63, 3.8) is 0 Å². The molecule has 2 aliphatic rings. The van der Waals surface area contributed by atoms with Crippen molar-refractivity contribution >= 4 is 5.82 Å². The molecule has 3 atom stereocenters. The molecule has 3 aromatic rings. The summed E-state index contributed by atoms with van der Waals surface area (Å²) in [5.41, 5.74) is 2.00. The lowest BCUT2D eigenvalue weighted by Crippen LogP contribution is -2.47. The van der Waals surface area contributed by atoms with E-state index in [1.54, 1.807) is 12.3 Å². The Balaban J connectivity index is 1.34. The number of phenolic OH excluding ortho intramolecular Hbond substituents is 1. The molecule has 0 radical (unpaired) electrons. The number of rotatable bonds is 4. The zero-order chi connectivity index (χ0) is 20.0. The number of aryl methyl sites for hydroxylation is 1. The maximum absolute atomic E-state index is 10.5. The van der Waals surface area contributed by atoms with Crippen LogP contribution in [0.3, 0.4) is 0 Å². The van der Waals surface area contributed by atoms with Crippen molar-refractivity contribution in [2.45, 2.75) is 50.7 Å². The first-order chi connectivity index (χ1) is 14.1. The van der Waals surface area contributed by atoms with E-state index in [2.05, 4.69) is 32.4 Å². The fraction of sp³-hybridized carbons (Fsp3) is 0.409. The molecule has 2 N–H and O–H groups in total. The summed E-state index contributed by atoms with van der Waals surface area (Å²) in [5.74, 6) is 2.22. The zero-order valence-corrected chi connectivity index (χ0v) is 16.7. The predicted octanol–water partition coefficient (Wildman–Crippen LogP) is 3.53. The van der Waals surface area contributed by atoms with Gasteiger partial charge < -0.3 is 19.7 Å². The first-order valence-electron chi connectivity index (χ1n) is 10.2. The molecule has 0 saturated carbocycles. The van der Waals surface area contributed by atoms with Crippen molar-refractivity contribution in [2.24, 2.45) is 0 Å². The second-order valence-corrected chi connectivity index (χ2v) is 8.16. The number of nitrogens with zero attached hydrogens (tertiary/aromatic N) is 4. The van der Waals surface area contributed by atoms with E-state index in [4.69, 9.17) is 4.42 Å². The highest BCUT2D eigenvalue weighted by Crippen LogP contribution is 2.34. The van der Waals surface area contributed by atoms with Crippen LogP contribution in [0.5, 0.6) is 5.75 Å². The highest BCUT2D eigenvalue weighted by atomic mass is 16.4. The molecular formula is C22H25N5O2. The van der Waals surface area contributed by atoms with Crippen molar-refractivity contribution < 1.29 is 9.52 Å². The van der Waals surface area contributed by atoms with Crippen molar-refractivity contribution in [2.75, 3.05) is 11.9 Å². The molecule has 0 amide bonds. The van der Waals surface area contributed by atoms with Gasteiger partial charge in [0.05, 0.1) is 11.9 Å². The van der Waals surface area contributed by atoms with Gasteiger partial charge in [0.25, 0.3) is 0 Å². The van der Waals surface area contributed by atoms with Crippen LogP contribution in [-0.4, -0.2) is 45.5 Å². The third kappa shape index (κ3) is 3.46. The molecule has 2 bridgehead atoms. The lowest BCUT2D eigenvalue weighted by molar-refractivity contribution is 0.353. The summed E-state index contributed by atoms with van der Waals surface area (Å²) in [6.07, 6.45) is 6.52. The van der Waals surface area contributed by atoms with Crippen LogP contribution >= 0.6 is 0 Å². The third-order valence-corrected chi connectivity index (χ3v) is 6.15. The average Bonchev–Trinajstić information content (AvgIpc) is 3.32. The van der Waals surface area contributed by atoms with Gasteiger partial charge in [-0.1, -0.05) is 0 Å². The molecule has 0 aliphatic carbocycles. The summed E-state index contributed by atoms with van der Waals surface area (Å²) in [6, 6.07) is 11.0. The zero-order valence-electron chi connectivity index (χ0n) is 16.7. The molecule has 0 spiro atoms. The van der Waals surface area contributed by atoms with E-state index in [-0.39, 0.29) is 5.75 Å². The van der Waals surface area contributed by atoms with Crippen LogP contribution in [0, 0.1) is 6.92 Å². The monoisotopic (exact) mass is 391 g/mol. The molecule has 1 aromatic carbocycles. The molecule has 1 unspecified atom stereocenters. The van der Waals surface area contributed by atoms with Crippen molar-refractivity contribution in [3.05, 3.63) is 42.3 Å². The van der Waals surface area contributed by atoms with Crippen LogP contribution in [0.1, 0.15) is 31.4 Å². The van der Waals surface area contributed by atoms with Crippen molar-refractivity contribution in [3.8, 4) is 28.5 Å².